The molecule has 0 saturated carbocycles. The lowest BCUT2D eigenvalue weighted by Gasteiger charge is -2.03. The molecule has 0 bridgehead atoms. The first-order chi connectivity index (χ1) is 9.10. The van der Waals surface area contributed by atoms with Gasteiger partial charge in [0.2, 0.25) is 0 Å². The maximum absolute atomic E-state index is 11.2. The Morgan fingerprint density at radius 2 is 2.26 bits per heavy atom. The van der Waals surface area contributed by atoms with Crippen LogP contribution in [-0.2, 0) is 13.0 Å². The van der Waals surface area contributed by atoms with Crippen molar-refractivity contribution in [1.82, 2.24) is 0 Å². The molecule has 0 aromatic carbocycles. The molecule has 2 aromatic rings. The molecule has 0 fully saturated rings. The van der Waals surface area contributed by atoms with E-state index in [2.05, 4.69) is 22.9 Å². The second-order valence-corrected chi connectivity index (χ2v) is 7.44. The third-order valence-electron chi connectivity index (χ3n) is 2.46. The molecule has 0 radical (unpaired) electrons. The number of ether oxygens (including phenoxy) is 1. The Labute approximate surface area is 128 Å². The monoisotopic (exact) mass is 360 g/mol. The molecule has 19 heavy (non-hydrogen) atoms. The lowest BCUT2D eigenvalue weighted by Crippen LogP contribution is -1.99. The zero-order chi connectivity index (χ0) is 13.8. The number of carboxylic acids is 1. The molecule has 0 unspecified atom stereocenters. The van der Waals surface area contributed by atoms with E-state index in [1.807, 2.05) is 17.5 Å². The van der Waals surface area contributed by atoms with Gasteiger partial charge in [-0.2, -0.15) is 0 Å². The third-order valence-corrected chi connectivity index (χ3v) is 5.17. The van der Waals surface area contributed by atoms with Crippen molar-refractivity contribution in [2.75, 3.05) is 0 Å². The van der Waals surface area contributed by atoms with E-state index < -0.39 is 5.97 Å². The predicted molar refractivity (Wildman–Crippen MR) is 81.6 cm³/mol. The summed E-state index contributed by atoms with van der Waals surface area (Å²) < 4.78 is 6.68. The maximum atomic E-state index is 11.2. The van der Waals surface area contributed by atoms with Gasteiger partial charge in [0, 0.05) is 10.4 Å². The van der Waals surface area contributed by atoms with Gasteiger partial charge in [-0.1, -0.05) is 13.3 Å². The van der Waals surface area contributed by atoms with Gasteiger partial charge in [-0.25, -0.2) is 4.79 Å². The van der Waals surface area contributed by atoms with E-state index in [1.165, 1.54) is 11.3 Å². The van der Waals surface area contributed by atoms with Crippen molar-refractivity contribution in [2.24, 2.45) is 0 Å². The molecule has 6 heteroatoms. The fourth-order valence-electron chi connectivity index (χ4n) is 1.63. The molecule has 0 aliphatic heterocycles. The fraction of sp³-hybridized carbons (Fsp3) is 0.308. The van der Waals surface area contributed by atoms with Gasteiger partial charge in [-0.15, -0.1) is 22.7 Å². The third kappa shape index (κ3) is 3.81. The molecule has 0 aliphatic carbocycles. The Hall–Kier alpha value is -0.850. The molecule has 2 rings (SSSR count). The SMILES string of the molecule is CCCc1cc(OCc2csc(Br)c2)c(C(=O)O)s1. The van der Waals surface area contributed by atoms with Crippen LogP contribution in [0.5, 0.6) is 5.75 Å². The first kappa shape index (κ1) is 14.6. The van der Waals surface area contributed by atoms with Gasteiger partial charge in [0.1, 0.15) is 12.4 Å². The van der Waals surface area contributed by atoms with Gasteiger partial charge in [-0.05, 0) is 39.9 Å². The summed E-state index contributed by atoms with van der Waals surface area (Å²) in [5.41, 5.74) is 1.04. The van der Waals surface area contributed by atoms with Crippen molar-refractivity contribution in [3.63, 3.8) is 0 Å². The highest BCUT2D eigenvalue weighted by atomic mass is 79.9. The van der Waals surface area contributed by atoms with Gasteiger partial charge in [0.25, 0.3) is 0 Å². The molecule has 1 N–H and O–H groups in total. The van der Waals surface area contributed by atoms with Gasteiger partial charge in [0.15, 0.2) is 4.88 Å². The van der Waals surface area contributed by atoms with Gasteiger partial charge < -0.3 is 9.84 Å². The predicted octanol–water partition coefficient (Wildman–Crippen LogP) is 4.80. The van der Waals surface area contributed by atoms with Crippen molar-refractivity contribution >= 4 is 44.6 Å². The molecule has 102 valence electrons. The second kappa shape index (κ2) is 6.54. The average molecular weight is 361 g/mol. The summed E-state index contributed by atoms with van der Waals surface area (Å²) in [5, 5.41) is 11.2. The highest BCUT2D eigenvalue weighted by Crippen LogP contribution is 2.31. The van der Waals surface area contributed by atoms with Crippen LogP contribution in [-0.4, -0.2) is 11.1 Å². The Kier molecular flexibility index (Phi) is 5.01. The summed E-state index contributed by atoms with van der Waals surface area (Å²) in [6, 6.07) is 3.82. The van der Waals surface area contributed by atoms with Crippen molar-refractivity contribution in [2.45, 2.75) is 26.4 Å². The largest absolute Gasteiger partial charge is 0.487 e. The van der Waals surface area contributed by atoms with Gasteiger partial charge in [0.05, 0.1) is 3.79 Å². The van der Waals surface area contributed by atoms with Crippen LogP contribution in [0.2, 0.25) is 0 Å². The summed E-state index contributed by atoms with van der Waals surface area (Å²) in [5.74, 6) is -0.447. The number of hydrogen-bond donors (Lipinski definition) is 1. The molecule has 3 nitrogen and oxygen atoms in total. The number of carboxylic acid groups (broad SMARTS) is 1. The number of halogens is 1. The molecule has 0 spiro atoms. The Balaban J connectivity index is 2.11. The summed E-state index contributed by atoms with van der Waals surface area (Å²) in [4.78, 5) is 12.5. The smallest absolute Gasteiger partial charge is 0.349 e. The number of rotatable bonds is 6. The minimum Gasteiger partial charge on any atom is -0.487 e. The average Bonchev–Trinajstić information content (AvgIpc) is 2.93. The summed E-state index contributed by atoms with van der Waals surface area (Å²) >= 11 is 6.28. The zero-order valence-corrected chi connectivity index (χ0v) is 13.5. The first-order valence-corrected chi connectivity index (χ1v) is 8.30. The van der Waals surface area contributed by atoms with Crippen LogP contribution in [0.15, 0.2) is 21.3 Å². The highest BCUT2D eigenvalue weighted by molar-refractivity contribution is 9.11. The standard InChI is InChI=1S/C13H13BrO3S2/c1-2-3-9-5-10(12(19-9)13(15)16)17-6-8-4-11(14)18-7-8/h4-5,7H,2-3,6H2,1H3,(H,15,16). The van der Waals surface area contributed by atoms with Crippen molar-refractivity contribution < 1.29 is 14.6 Å². The summed E-state index contributed by atoms with van der Waals surface area (Å²) in [6.45, 7) is 2.47. The van der Waals surface area contributed by atoms with E-state index in [-0.39, 0.29) is 4.88 Å². The molecule has 0 atom stereocenters. The van der Waals surface area contributed by atoms with Crippen LogP contribution >= 0.6 is 38.6 Å². The van der Waals surface area contributed by atoms with Crippen LogP contribution in [0.25, 0.3) is 0 Å². The van der Waals surface area contributed by atoms with Gasteiger partial charge in [-0.3, -0.25) is 0 Å². The molecular weight excluding hydrogens is 348 g/mol. The fourth-order valence-corrected chi connectivity index (χ4v) is 3.86. The summed E-state index contributed by atoms with van der Waals surface area (Å²) in [6.07, 6.45) is 1.88. The van der Waals surface area contributed by atoms with Crippen LogP contribution in [0.4, 0.5) is 0 Å². The Morgan fingerprint density at radius 1 is 1.47 bits per heavy atom. The Bertz CT molecular complexity index is 574. The molecule has 2 heterocycles. The van der Waals surface area contributed by atoms with E-state index >= 15 is 0 Å². The molecule has 2 aromatic heterocycles. The van der Waals surface area contributed by atoms with E-state index in [4.69, 9.17) is 4.74 Å². The highest BCUT2D eigenvalue weighted by Gasteiger charge is 2.16. The van der Waals surface area contributed by atoms with Crippen molar-refractivity contribution in [1.29, 1.82) is 0 Å². The topological polar surface area (TPSA) is 46.5 Å². The van der Waals surface area contributed by atoms with E-state index in [0.717, 1.165) is 27.1 Å². The number of hydrogen-bond acceptors (Lipinski definition) is 4. The number of aryl methyl sites for hydroxylation is 1. The van der Waals surface area contributed by atoms with E-state index in [9.17, 15) is 9.90 Å². The normalized spacial score (nSPS) is 10.6. The molecule has 0 amide bonds. The number of carbonyl (C=O) groups is 1. The molecular formula is C13H13BrO3S2. The number of aromatic carboxylic acids is 1. The molecule has 0 saturated heterocycles. The van der Waals surface area contributed by atoms with E-state index in [1.54, 1.807) is 11.3 Å². The van der Waals surface area contributed by atoms with Crippen LogP contribution in [0, 0.1) is 0 Å². The lowest BCUT2D eigenvalue weighted by atomic mass is 10.3. The van der Waals surface area contributed by atoms with Crippen molar-refractivity contribution in [3.8, 4) is 5.75 Å². The van der Waals surface area contributed by atoms with Crippen LogP contribution < -0.4 is 4.74 Å². The van der Waals surface area contributed by atoms with Crippen LogP contribution in [0.3, 0.4) is 0 Å². The first-order valence-electron chi connectivity index (χ1n) is 5.82. The zero-order valence-electron chi connectivity index (χ0n) is 10.3. The van der Waals surface area contributed by atoms with Crippen molar-refractivity contribution in [3.05, 3.63) is 36.6 Å². The lowest BCUT2D eigenvalue weighted by molar-refractivity contribution is 0.0697. The van der Waals surface area contributed by atoms with E-state index in [0.29, 0.717) is 12.4 Å². The molecule has 0 aliphatic rings. The van der Waals surface area contributed by atoms with Gasteiger partial charge >= 0.3 is 5.97 Å². The second-order valence-electron chi connectivity index (χ2n) is 4.01. The van der Waals surface area contributed by atoms with Crippen LogP contribution in [0.1, 0.15) is 33.5 Å². The minimum absolute atomic E-state index is 0.290. The number of thiophene rings is 2. The summed E-state index contributed by atoms with van der Waals surface area (Å²) in [7, 11) is 0. The quantitative estimate of drug-likeness (QED) is 0.804. The minimum atomic E-state index is -0.922. The Morgan fingerprint density at radius 3 is 2.84 bits per heavy atom. The maximum Gasteiger partial charge on any atom is 0.349 e.